The molecule has 0 aliphatic carbocycles. The standard InChI is InChI=1S/C16H11Cl2N3/c1-10-3-2-4-14(12(10)9-19)21-15-6-5-11(18)7-13(15)20-16(21)8-17/h2-7H,8H2,1H3. The Morgan fingerprint density at radius 2 is 2.10 bits per heavy atom. The summed E-state index contributed by atoms with van der Waals surface area (Å²) in [5.41, 5.74) is 3.99. The Morgan fingerprint density at radius 3 is 2.81 bits per heavy atom. The van der Waals surface area contributed by atoms with Crippen LogP contribution in [0.3, 0.4) is 0 Å². The van der Waals surface area contributed by atoms with Crippen molar-refractivity contribution in [3.63, 3.8) is 0 Å². The van der Waals surface area contributed by atoms with E-state index in [0.717, 1.165) is 22.3 Å². The summed E-state index contributed by atoms with van der Waals surface area (Å²) in [6, 6.07) is 13.5. The number of hydrogen-bond donors (Lipinski definition) is 0. The molecule has 1 aromatic heterocycles. The second-order valence-electron chi connectivity index (χ2n) is 4.71. The third-order valence-electron chi connectivity index (χ3n) is 3.41. The molecule has 0 spiro atoms. The van der Waals surface area contributed by atoms with E-state index in [9.17, 15) is 5.26 Å². The monoisotopic (exact) mass is 315 g/mol. The van der Waals surface area contributed by atoms with Crippen molar-refractivity contribution in [1.82, 2.24) is 9.55 Å². The van der Waals surface area contributed by atoms with E-state index in [1.54, 1.807) is 6.07 Å². The molecule has 5 heteroatoms. The maximum atomic E-state index is 9.44. The maximum Gasteiger partial charge on any atom is 0.129 e. The minimum Gasteiger partial charge on any atom is -0.294 e. The topological polar surface area (TPSA) is 41.6 Å². The molecule has 2 aromatic carbocycles. The van der Waals surface area contributed by atoms with Crippen molar-refractivity contribution in [2.45, 2.75) is 12.8 Å². The summed E-state index contributed by atoms with van der Waals surface area (Å²) in [7, 11) is 0. The highest BCUT2D eigenvalue weighted by Gasteiger charge is 2.15. The second kappa shape index (κ2) is 5.40. The molecular weight excluding hydrogens is 305 g/mol. The highest BCUT2D eigenvalue weighted by molar-refractivity contribution is 6.31. The Kier molecular flexibility index (Phi) is 3.59. The number of benzene rings is 2. The van der Waals surface area contributed by atoms with Crippen molar-refractivity contribution in [2.24, 2.45) is 0 Å². The van der Waals surface area contributed by atoms with E-state index in [2.05, 4.69) is 11.1 Å². The molecule has 3 rings (SSSR count). The lowest BCUT2D eigenvalue weighted by atomic mass is 10.1. The van der Waals surface area contributed by atoms with Gasteiger partial charge in [0, 0.05) is 5.02 Å². The lowest BCUT2D eigenvalue weighted by Crippen LogP contribution is -2.03. The van der Waals surface area contributed by atoms with E-state index < -0.39 is 0 Å². The summed E-state index contributed by atoms with van der Waals surface area (Å²) in [5.74, 6) is 0.946. The van der Waals surface area contributed by atoms with Gasteiger partial charge < -0.3 is 0 Å². The Balaban J connectivity index is 2.40. The van der Waals surface area contributed by atoms with Crippen molar-refractivity contribution in [1.29, 1.82) is 5.26 Å². The van der Waals surface area contributed by atoms with Gasteiger partial charge in [-0.25, -0.2) is 4.98 Å². The first-order valence-electron chi connectivity index (χ1n) is 6.38. The van der Waals surface area contributed by atoms with E-state index >= 15 is 0 Å². The molecule has 0 radical (unpaired) electrons. The van der Waals surface area contributed by atoms with Gasteiger partial charge in [-0.1, -0.05) is 23.7 Å². The van der Waals surface area contributed by atoms with Crippen LogP contribution in [0.4, 0.5) is 0 Å². The number of aromatic nitrogens is 2. The van der Waals surface area contributed by atoms with E-state index in [4.69, 9.17) is 23.2 Å². The normalized spacial score (nSPS) is 10.8. The SMILES string of the molecule is Cc1cccc(-n2c(CCl)nc3cc(Cl)ccc32)c1C#N. The minimum atomic E-state index is 0.255. The van der Waals surface area contributed by atoms with E-state index in [1.165, 1.54) is 0 Å². The predicted molar refractivity (Wildman–Crippen MR) is 85.1 cm³/mol. The number of nitriles is 1. The van der Waals surface area contributed by atoms with Gasteiger partial charge >= 0.3 is 0 Å². The van der Waals surface area contributed by atoms with Crippen LogP contribution in [0.1, 0.15) is 17.0 Å². The quantitative estimate of drug-likeness (QED) is 0.648. The average Bonchev–Trinajstić information content (AvgIpc) is 2.84. The smallest absolute Gasteiger partial charge is 0.129 e. The first-order valence-corrected chi connectivity index (χ1v) is 7.30. The number of rotatable bonds is 2. The first-order chi connectivity index (χ1) is 10.2. The molecule has 3 nitrogen and oxygen atoms in total. The number of aryl methyl sites for hydroxylation is 1. The van der Waals surface area contributed by atoms with Crippen LogP contribution in [0, 0.1) is 18.3 Å². The lowest BCUT2D eigenvalue weighted by molar-refractivity contribution is 0.976. The Bertz CT molecular complexity index is 875. The maximum absolute atomic E-state index is 9.44. The lowest BCUT2D eigenvalue weighted by Gasteiger charge is -2.11. The Labute approximate surface area is 132 Å². The summed E-state index contributed by atoms with van der Waals surface area (Å²) < 4.78 is 1.92. The summed E-state index contributed by atoms with van der Waals surface area (Å²) in [5, 5.41) is 10.1. The van der Waals surface area contributed by atoms with E-state index in [-0.39, 0.29) is 5.88 Å². The number of alkyl halides is 1. The number of halogens is 2. The van der Waals surface area contributed by atoms with Gasteiger partial charge in [-0.3, -0.25) is 4.57 Å². The minimum absolute atomic E-state index is 0.255. The van der Waals surface area contributed by atoms with Crippen LogP contribution in [0.25, 0.3) is 16.7 Å². The number of fused-ring (bicyclic) bond motifs is 1. The highest BCUT2D eigenvalue weighted by atomic mass is 35.5. The van der Waals surface area contributed by atoms with Gasteiger partial charge in [0.2, 0.25) is 0 Å². The number of nitrogens with zero attached hydrogens (tertiary/aromatic N) is 3. The molecule has 0 unspecified atom stereocenters. The van der Waals surface area contributed by atoms with Crippen molar-refractivity contribution in [2.75, 3.05) is 0 Å². The largest absolute Gasteiger partial charge is 0.294 e. The molecule has 0 saturated heterocycles. The van der Waals surface area contributed by atoms with Crippen LogP contribution in [-0.4, -0.2) is 9.55 Å². The molecule has 3 aromatic rings. The fraction of sp³-hybridized carbons (Fsp3) is 0.125. The molecule has 21 heavy (non-hydrogen) atoms. The van der Waals surface area contributed by atoms with Gasteiger partial charge in [0.1, 0.15) is 11.9 Å². The van der Waals surface area contributed by atoms with Gasteiger partial charge in [0.15, 0.2) is 0 Å². The zero-order valence-electron chi connectivity index (χ0n) is 11.3. The van der Waals surface area contributed by atoms with Gasteiger partial charge in [-0.05, 0) is 36.8 Å². The van der Waals surface area contributed by atoms with Crippen LogP contribution < -0.4 is 0 Å². The molecule has 0 aliphatic rings. The highest BCUT2D eigenvalue weighted by Crippen LogP contribution is 2.27. The molecule has 104 valence electrons. The van der Waals surface area contributed by atoms with Crippen LogP contribution in [0.5, 0.6) is 0 Å². The zero-order chi connectivity index (χ0) is 15.0. The van der Waals surface area contributed by atoms with Gasteiger partial charge in [-0.15, -0.1) is 11.6 Å². The summed E-state index contributed by atoms with van der Waals surface area (Å²) in [6.07, 6.45) is 0. The van der Waals surface area contributed by atoms with Crippen molar-refractivity contribution >= 4 is 34.2 Å². The fourth-order valence-electron chi connectivity index (χ4n) is 2.45. The Morgan fingerprint density at radius 1 is 1.29 bits per heavy atom. The van der Waals surface area contributed by atoms with Crippen LogP contribution in [0.2, 0.25) is 5.02 Å². The third kappa shape index (κ3) is 2.27. The fourth-order valence-corrected chi connectivity index (χ4v) is 2.79. The van der Waals surface area contributed by atoms with Crippen molar-refractivity contribution < 1.29 is 0 Å². The summed E-state index contributed by atoms with van der Waals surface area (Å²) in [4.78, 5) is 4.51. The molecule has 0 fully saturated rings. The van der Waals surface area contributed by atoms with E-state index in [0.29, 0.717) is 16.4 Å². The van der Waals surface area contributed by atoms with Crippen molar-refractivity contribution in [3.8, 4) is 11.8 Å². The molecule has 0 bridgehead atoms. The summed E-state index contributed by atoms with van der Waals surface area (Å²) in [6.45, 7) is 1.92. The van der Waals surface area contributed by atoms with E-state index in [1.807, 2.05) is 41.8 Å². The molecule has 0 saturated carbocycles. The average molecular weight is 316 g/mol. The van der Waals surface area contributed by atoms with Crippen molar-refractivity contribution in [3.05, 3.63) is 58.4 Å². The Hall–Kier alpha value is -2.02. The van der Waals surface area contributed by atoms with Gasteiger partial charge in [0.05, 0.1) is 28.2 Å². The third-order valence-corrected chi connectivity index (χ3v) is 3.88. The first kappa shape index (κ1) is 13.9. The predicted octanol–water partition coefficient (Wildman–Crippen LogP) is 4.60. The molecule has 0 atom stereocenters. The zero-order valence-corrected chi connectivity index (χ0v) is 12.8. The molecule has 0 aliphatic heterocycles. The van der Waals surface area contributed by atoms with Crippen LogP contribution >= 0.6 is 23.2 Å². The molecule has 0 amide bonds. The van der Waals surface area contributed by atoms with Gasteiger partial charge in [0.25, 0.3) is 0 Å². The molecule has 0 N–H and O–H groups in total. The molecule has 1 heterocycles. The number of imidazole rings is 1. The number of hydrogen-bond acceptors (Lipinski definition) is 2. The van der Waals surface area contributed by atoms with Gasteiger partial charge in [-0.2, -0.15) is 5.26 Å². The second-order valence-corrected chi connectivity index (χ2v) is 5.41. The summed E-state index contributed by atoms with van der Waals surface area (Å²) >= 11 is 12.0. The van der Waals surface area contributed by atoms with Crippen LogP contribution in [-0.2, 0) is 5.88 Å². The molecular formula is C16H11Cl2N3. The van der Waals surface area contributed by atoms with Crippen LogP contribution in [0.15, 0.2) is 36.4 Å².